The van der Waals surface area contributed by atoms with E-state index in [1.54, 1.807) is 4.72 Å². The Morgan fingerprint density at radius 1 is 1.19 bits per heavy atom. The number of benzene rings is 2. The minimum atomic E-state index is -4.44. The van der Waals surface area contributed by atoms with Gasteiger partial charge in [-0.2, -0.15) is 13.2 Å². The number of ether oxygens (including phenoxy) is 1. The van der Waals surface area contributed by atoms with Gasteiger partial charge in [0.2, 0.25) is 10.0 Å². The monoisotopic (exact) mass is 560 g/mol. The summed E-state index contributed by atoms with van der Waals surface area (Å²) in [5.74, 6) is -1.35. The smallest absolute Gasteiger partial charge is 0.416 e. The number of nitrogens with one attached hydrogen (secondary N) is 1. The van der Waals surface area contributed by atoms with Crippen molar-refractivity contribution >= 4 is 27.5 Å². The Morgan fingerprint density at radius 2 is 1.86 bits per heavy atom. The molecule has 1 aliphatic heterocycles. The number of alkyl halides is 3. The first kappa shape index (κ1) is 26.2. The van der Waals surface area contributed by atoms with Gasteiger partial charge in [0.25, 0.3) is 5.91 Å². The van der Waals surface area contributed by atoms with Crippen molar-refractivity contribution in [3.8, 4) is 5.75 Å². The summed E-state index contributed by atoms with van der Waals surface area (Å²) >= 11 is 6.08. The molecule has 2 saturated carbocycles. The Kier molecular flexibility index (Phi) is 6.48. The van der Waals surface area contributed by atoms with E-state index in [2.05, 4.69) is 4.90 Å². The van der Waals surface area contributed by atoms with Crippen LogP contribution in [0.25, 0.3) is 0 Å². The molecule has 2 aliphatic carbocycles. The van der Waals surface area contributed by atoms with Crippen LogP contribution in [0, 0.1) is 11.2 Å². The molecule has 1 N–H and O–H groups in total. The van der Waals surface area contributed by atoms with Gasteiger partial charge in [0, 0.05) is 36.1 Å². The highest BCUT2D eigenvalue weighted by Crippen LogP contribution is 2.52. The molecule has 1 spiro atoms. The lowest BCUT2D eigenvalue weighted by Crippen LogP contribution is -2.64. The SMILES string of the molecule is CS(=O)(=O)NC(=O)c1cc(C2CC2)c(OC2CC3(C2)CN(Cc2ccc(C(F)(F)F)cc2Cl)C3)cc1F. The maximum absolute atomic E-state index is 14.7. The Morgan fingerprint density at radius 3 is 2.43 bits per heavy atom. The van der Waals surface area contributed by atoms with E-state index in [-0.39, 0.29) is 28.0 Å². The number of carbonyl (C=O) groups excluding carboxylic acids is 1. The Hall–Kier alpha value is -2.37. The second-order valence-corrected chi connectivity index (χ2v) is 12.6. The van der Waals surface area contributed by atoms with Crippen molar-refractivity contribution in [2.45, 2.75) is 50.4 Å². The fourth-order valence-corrected chi connectivity index (χ4v) is 6.01. The number of sulfonamides is 1. The van der Waals surface area contributed by atoms with Crippen LogP contribution in [-0.4, -0.2) is 44.7 Å². The highest BCUT2D eigenvalue weighted by molar-refractivity contribution is 7.89. The molecule has 12 heteroatoms. The van der Waals surface area contributed by atoms with Crippen LogP contribution in [0.2, 0.25) is 5.02 Å². The maximum Gasteiger partial charge on any atom is 0.416 e. The van der Waals surface area contributed by atoms with Crippen LogP contribution in [0.5, 0.6) is 5.75 Å². The average molecular weight is 561 g/mol. The largest absolute Gasteiger partial charge is 0.490 e. The van der Waals surface area contributed by atoms with Crippen molar-refractivity contribution in [1.29, 1.82) is 0 Å². The van der Waals surface area contributed by atoms with E-state index in [1.165, 1.54) is 12.1 Å². The maximum atomic E-state index is 14.7. The van der Waals surface area contributed by atoms with Crippen molar-refractivity contribution in [3.63, 3.8) is 0 Å². The van der Waals surface area contributed by atoms with Crippen LogP contribution in [0.4, 0.5) is 17.6 Å². The predicted molar refractivity (Wildman–Crippen MR) is 128 cm³/mol. The molecule has 3 fully saturated rings. The standard InChI is InChI=1S/C25H25ClF4N2O4S/c1-37(34,35)31-23(33)19-7-18(14-2-3-14)22(8-21(19)27)36-17-9-24(10-17)12-32(13-24)11-15-4-5-16(6-20(15)26)25(28,29)30/h4-8,14,17H,2-3,9-13H2,1H3,(H,31,33). The van der Waals surface area contributed by atoms with Gasteiger partial charge in [-0.1, -0.05) is 17.7 Å². The predicted octanol–water partition coefficient (Wildman–Crippen LogP) is 5.11. The number of hydrogen-bond donors (Lipinski definition) is 1. The van der Waals surface area contributed by atoms with Gasteiger partial charge in [-0.05, 0) is 60.9 Å². The van der Waals surface area contributed by atoms with Crippen LogP contribution in [0.15, 0.2) is 30.3 Å². The topological polar surface area (TPSA) is 75.7 Å². The lowest BCUT2D eigenvalue weighted by molar-refractivity contribution is -0.137. The second-order valence-electron chi connectivity index (χ2n) is 10.4. The van der Waals surface area contributed by atoms with Crippen LogP contribution >= 0.6 is 11.6 Å². The minimum Gasteiger partial charge on any atom is -0.490 e. The first-order valence-electron chi connectivity index (χ1n) is 11.8. The molecular weight excluding hydrogens is 536 g/mol. The summed E-state index contributed by atoms with van der Waals surface area (Å²) in [7, 11) is -3.83. The normalized spacial score (nSPS) is 19.8. The summed E-state index contributed by atoms with van der Waals surface area (Å²) in [6.07, 6.45) is -0.456. The van der Waals surface area contributed by atoms with Gasteiger partial charge in [0.05, 0.1) is 23.5 Å². The third-order valence-corrected chi connectivity index (χ3v) is 8.05. The summed E-state index contributed by atoms with van der Waals surface area (Å²) in [6, 6.07) is 5.95. The molecule has 200 valence electrons. The fraction of sp³-hybridized carbons (Fsp3) is 0.480. The van der Waals surface area contributed by atoms with Crippen LogP contribution in [0.1, 0.15) is 58.6 Å². The number of hydrogen-bond acceptors (Lipinski definition) is 5. The Balaban J connectivity index is 1.18. The molecule has 0 aromatic heterocycles. The summed E-state index contributed by atoms with van der Waals surface area (Å²) in [4.78, 5) is 14.3. The van der Waals surface area contributed by atoms with Crippen LogP contribution < -0.4 is 9.46 Å². The molecule has 1 saturated heterocycles. The van der Waals surface area contributed by atoms with E-state index in [1.807, 2.05) is 0 Å². The molecule has 2 aromatic carbocycles. The summed E-state index contributed by atoms with van der Waals surface area (Å²) in [5, 5.41) is 0.0916. The zero-order valence-corrected chi connectivity index (χ0v) is 21.4. The summed E-state index contributed by atoms with van der Waals surface area (Å²) in [6.45, 7) is 1.98. The van der Waals surface area contributed by atoms with Crippen molar-refractivity contribution < 1.29 is 35.5 Å². The van der Waals surface area contributed by atoms with Gasteiger partial charge in [-0.25, -0.2) is 17.5 Å². The molecule has 6 nitrogen and oxygen atoms in total. The van der Waals surface area contributed by atoms with Crippen molar-refractivity contribution in [2.75, 3.05) is 19.3 Å². The van der Waals surface area contributed by atoms with Crippen molar-refractivity contribution in [3.05, 3.63) is 63.4 Å². The molecule has 0 radical (unpaired) electrons. The van der Waals surface area contributed by atoms with Gasteiger partial charge < -0.3 is 4.74 Å². The molecule has 0 unspecified atom stereocenters. The van der Waals surface area contributed by atoms with Gasteiger partial charge in [0.1, 0.15) is 11.6 Å². The molecule has 37 heavy (non-hydrogen) atoms. The molecule has 1 amide bonds. The lowest BCUT2D eigenvalue weighted by Gasteiger charge is -2.58. The zero-order valence-electron chi connectivity index (χ0n) is 19.9. The van der Waals surface area contributed by atoms with Gasteiger partial charge in [-0.15, -0.1) is 0 Å². The van der Waals surface area contributed by atoms with E-state index < -0.39 is 33.5 Å². The Labute approximate surface area is 217 Å². The average Bonchev–Trinajstić information content (AvgIpc) is 3.55. The molecule has 0 bridgehead atoms. The fourth-order valence-electron chi connectivity index (χ4n) is 5.32. The number of nitrogens with zero attached hydrogens (tertiary/aromatic N) is 1. The van der Waals surface area contributed by atoms with Crippen molar-refractivity contribution in [2.24, 2.45) is 5.41 Å². The third kappa shape index (κ3) is 5.73. The van der Waals surface area contributed by atoms with E-state index in [4.69, 9.17) is 16.3 Å². The van der Waals surface area contributed by atoms with Crippen LogP contribution in [-0.2, 0) is 22.7 Å². The van der Waals surface area contributed by atoms with E-state index >= 15 is 0 Å². The number of halogens is 5. The molecule has 1 heterocycles. The van der Waals surface area contributed by atoms with E-state index in [9.17, 15) is 30.8 Å². The first-order chi connectivity index (χ1) is 17.2. The number of rotatable bonds is 7. The van der Waals surface area contributed by atoms with Gasteiger partial charge >= 0.3 is 6.18 Å². The third-order valence-electron chi connectivity index (χ3n) is 7.15. The summed E-state index contributed by atoms with van der Waals surface area (Å²) < 4.78 is 83.9. The van der Waals surface area contributed by atoms with Gasteiger partial charge in [-0.3, -0.25) is 9.69 Å². The highest BCUT2D eigenvalue weighted by Gasteiger charge is 2.53. The second kappa shape index (κ2) is 9.13. The van der Waals surface area contributed by atoms with Crippen LogP contribution in [0.3, 0.4) is 0 Å². The minimum absolute atomic E-state index is 0.0522. The van der Waals surface area contributed by atoms with Gasteiger partial charge in [0.15, 0.2) is 0 Å². The number of carbonyl (C=O) groups is 1. The lowest BCUT2D eigenvalue weighted by atomic mass is 9.61. The Bertz CT molecular complexity index is 1350. The first-order valence-corrected chi connectivity index (χ1v) is 14.1. The zero-order chi connectivity index (χ0) is 26.8. The molecule has 5 rings (SSSR count). The summed E-state index contributed by atoms with van der Waals surface area (Å²) in [5.41, 5.74) is 0.290. The molecule has 0 atom stereocenters. The highest BCUT2D eigenvalue weighted by atomic mass is 35.5. The van der Waals surface area contributed by atoms with Crippen molar-refractivity contribution in [1.82, 2.24) is 9.62 Å². The molecule has 2 aromatic rings. The quantitative estimate of drug-likeness (QED) is 0.477. The van der Waals surface area contributed by atoms with E-state index in [0.717, 1.165) is 63.2 Å². The molecule has 3 aliphatic rings. The number of amides is 1. The van der Waals surface area contributed by atoms with E-state index in [0.29, 0.717) is 23.4 Å². The number of likely N-dealkylation sites (tertiary alicyclic amines) is 1. The molecular formula is C25H25ClF4N2O4S.